The fraction of sp³-hybridized carbons (Fsp3) is 0.476. The molecule has 2 saturated heterocycles. The highest BCUT2D eigenvalue weighted by atomic mass is 35.5. The molecule has 2 fully saturated rings. The smallest absolute Gasteiger partial charge is 0.252 e. The highest BCUT2D eigenvalue weighted by Gasteiger charge is 2.34. The van der Waals surface area contributed by atoms with Gasteiger partial charge in [0, 0.05) is 36.1 Å². The lowest BCUT2D eigenvalue weighted by Crippen LogP contribution is -2.43. The maximum Gasteiger partial charge on any atom is 0.252 e. The van der Waals surface area contributed by atoms with Crippen molar-refractivity contribution in [2.45, 2.75) is 24.0 Å². The van der Waals surface area contributed by atoms with Crippen LogP contribution in [0.1, 0.15) is 17.7 Å². The number of benzene rings is 1. The number of aryl methyl sites for hydroxylation is 1. The average molecular weight is 484 g/mol. The molecule has 1 aromatic heterocycles. The molecule has 168 valence electrons. The summed E-state index contributed by atoms with van der Waals surface area (Å²) in [7, 11) is -3.58. The number of hydrogen-bond donors (Lipinski definition) is 1. The molecule has 0 saturated carbocycles. The summed E-state index contributed by atoms with van der Waals surface area (Å²) in [6.07, 6.45) is 1.29. The van der Waals surface area contributed by atoms with E-state index >= 15 is 0 Å². The molecule has 0 aliphatic carbocycles. The number of hydrogen-bond acceptors (Lipinski definition) is 6. The lowest BCUT2D eigenvalue weighted by molar-refractivity contribution is -0.120. The fourth-order valence-electron chi connectivity index (χ4n) is 3.98. The van der Waals surface area contributed by atoms with Crippen LogP contribution in [0, 0.1) is 12.8 Å². The molecular weight excluding hydrogens is 458 g/mol. The Morgan fingerprint density at radius 2 is 1.97 bits per heavy atom. The first-order valence-electron chi connectivity index (χ1n) is 10.3. The molecule has 31 heavy (non-hydrogen) atoms. The zero-order valence-electron chi connectivity index (χ0n) is 17.3. The van der Waals surface area contributed by atoms with Crippen LogP contribution in [0.15, 0.2) is 34.5 Å². The van der Waals surface area contributed by atoms with Crippen molar-refractivity contribution in [3.8, 4) is 0 Å². The van der Waals surface area contributed by atoms with Gasteiger partial charge in [0.2, 0.25) is 5.91 Å². The summed E-state index contributed by atoms with van der Waals surface area (Å²) in [6, 6.07) is 8.90. The number of thiophene rings is 1. The van der Waals surface area contributed by atoms with Gasteiger partial charge in [0.05, 0.1) is 30.5 Å². The first-order valence-corrected chi connectivity index (χ1v) is 13.0. The first-order chi connectivity index (χ1) is 14.8. The number of nitrogens with zero attached hydrogens (tertiary/aromatic N) is 2. The fourth-order valence-corrected chi connectivity index (χ4v) is 7.11. The predicted molar refractivity (Wildman–Crippen MR) is 124 cm³/mol. The van der Waals surface area contributed by atoms with Crippen molar-refractivity contribution in [3.05, 3.63) is 40.2 Å². The number of morpholine rings is 1. The minimum absolute atomic E-state index is 0.179. The van der Waals surface area contributed by atoms with Crippen LogP contribution >= 0.6 is 22.9 Å². The van der Waals surface area contributed by atoms with Gasteiger partial charge in [-0.2, -0.15) is 4.31 Å². The van der Waals surface area contributed by atoms with Crippen LogP contribution in [-0.4, -0.2) is 58.0 Å². The Labute approximate surface area is 192 Å². The van der Waals surface area contributed by atoms with E-state index in [2.05, 4.69) is 10.2 Å². The van der Waals surface area contributed by atoms with E-state index in [4.69, 9.17) is 16.3 Å². The van der Waals surface area contributed by atoms with E-state index in [-0.39, 0.29) is 12.5 Å². The van der Waals surface area contributed by atoms with Gasteiger partial charge in [-0.05, 0) is 50.1 Å². The van der Waals surface area contributed by atoms with Gasteiger partial charge in [0.15, 0.2) is 0 Å². The summed E-state index contributed by atoms with van der Waals surface area (Å²) in [5.41, 5.74) is 1.55. The molecule has 10 heteroatoms. The Kier molecular flexibility index (Phi) is 6.88. The van der Waals surface area contributed by atoms with Crippen molar-refractivity contribution in [2.24, 2.45) is 5.92 Å². The molecule has 0 spiro atoms. The van der Waals surface area contributed by atoms with Crippen molar-refractivity contribution >= 4 is 50.2 Å². The second kappa shape index (κ2) is 9.46. The van der Waals surface area contributed by atoms with Gasteiger partial charge in [-0.3, -0.25) is 4.79 Å². The second-order valence-corrected chi connectivity index (χ2v) is 11.7. The topological polar surface area (TPSA) is 79.0 Å². The van der Waals surface area contributed by atoms with Crippen molar-refractivity contribution in [3.63, 3.8) is 0 Å². The largest absolute Gasteiger partial charge is 0.378 e. The molecule has 2 aromatic rings. The van der Waals surface area contributed by atoms with Gasteiger partial charge in [-0.25, -0.2) is 8.42 Å². The predicted octanol–water partition coefficient (Wildman–Crippen LogP) is 3.59. The lowest BCUT2D eigenvalue weighted by atomic mass is 9.98. The number of nitrogens with one attached hydrogen (secondary N) is 1. The molecule has 3 heterocycles. The normalized spacial score (nSPS) is 20.6. The minimum Gasteiger partial charge on any atom is -0.378 e. The first kappa shape index (κ1) is 22.5. The maximum absolute atomic E-state index is 13.1. The molecule has 1 N–H and O–H groups in total. The summed E-state index contributed by atoms with van der Waals surface area (Å²) < 4.78 is 33.2. The molecule has 2 aliphatic rings. The number of sulfonamides is 1. The monoisotopic (exact) mass is 483 g/mol. The third-order valence-corrected chi connectivity index (χ3v) is 9.20. The van der Waals surface area contributed by atoms with Crippen LogP contribution in [0.4, 0.5) is 11.4 Å². The van der Waals surface area contributed by atoms with Crippen LogP contribution in [0.2, 0.25) is 5.02 Å². The molecule has 0 radical (unpaired) electrons. The SMILES string of the molecule is Cc1ccc(S(=O)(=O)N2CCCC(C(=O)Nc3cc(Cl)ccc3N3CCOCC3)C2)s1. The minimum atomic E-state index is -3.58. The summed E-state index contributed by atoms with van der Waals surface area (Å²) in [5.74, 6) is -0.597. The molecule has 7 nitrogen and oxygen atoms in total. The summed E-state index contributed by atoms with van der Waals surface area (Å²) >= 11 is 7.46. The quantitative estimate of drug-likeness (QED) is 0.703. The van der Waals surface area contributed by atoms with Gasteiger partial charge in [-0.1, -0.05) is 11.6 Å². The van der Waals surface area contributed by atoms with E-state index in [1.165, 1.54) is 15.6 Å². The average Bonchev–Trinajstić information content (AvgIpc) is 3.22. The van der Waals surface area contributed by atoms with E-state index < -0.39 is 15.9 Å². The lowest BCUT2D eigenvalue weighted by Gasteiger charge is -2.32. The van der Waals surface area contributed by atoms with Crippen LogP contribution in [-0.2, 0) is 19.6 Å². The molecule has 4 rings (SSSR count). The standard InChI is InChI=1S/C21H26ClN3O4S2/c1-15-4-7-20(30-15)31(27,28)25-8-2-3-16(14-25)21(26)23-18-13-17(22)5-6-19(18)24-9-11-29-12-10-24/h4-7,13,16H,2-3,8-12,14H2,1H3,(H,23,26). The van der Waals surface area contributed by atoms with Crippen LogP contribution in [0.3, 0.4) is 0 Å². The Hall–Kier alpha value is -1.65. The number of carbonyl (C=O) groups is 1. The van der Waals surface area contributed by atoms with Gasteiger partial charge in [0.1, 0.15) is 4.21 Å². The van der Waals surface area contributed by atoms with Crippen LogP contribution < -0.4 is 10.2 Å². The van der Waals surface area contributed by atoms with Gasteiger partial charge < -0.3 is 15.0 Å². The molecule has 0 bridgehead atoms. The van der Waals surface area contributed by atoms with E-state index in [0.717, 1.165) is 23.7 Å². The molecular formula is C21H26ClN3O4S2. The van der Waals surface area contributed by atoms with Gasteiger partial charge >= 0.3 is 0 Å². The number of amides is 1. The van der Waals surface area contributed by atoms with E-state index in [1.54, 1.807) is 24.3 Å². The third-order valence-electron chi connectivity index (χ3n) is 5.63. The van der Waals surface area contributed by atoms with Gasteiger partial charge in [0.25, 0.3) is 10.0 Å². The van der Waals surface area contributed by atoms with E-state index in [1.807, 2.05) is 13.0 Å². The summed E-state index contributed by atoms with van der Waals surface area (Å²) in [6.45, 7) is 5.23. The molecule has 1 amide bonds. The number of piperidine rings is 1. The van der Waals surface area contributed by atoms with Crippen molar-refractivity contribution in [1.29, 1.82) is 0 Å². The van der Waals surface area contributed by atoms with Gasteiger partial charge in [-0.15, -0.1) is 11.3 Å². The second-order valence-electron chi connectivity index (χ2n) is 7.82. The van der Waals surface area contributed by atoms with Crippen molar-refractivity contribution in [1.82, 2.24) is 4.31 Å². The number of anilines is 2. The zero-order valence-corrected chi connectivity index (χ0v) is 19.7. The number of halogens is 1. The Bertz CT molecular complexity index is 1050. The Balaban J connectivity index is 1.49. The number of rotatable bonds is 5. The van der Waals surface area contributed by atoms with Crippen molar-refractivity contribution in [2.75, 3.05) is 49.6 Å². The number of ether oxygens (including phenoxy) is 1. The highest BCUT2D eigenvalue weighted by molar-refractivity contribution is 7.91. The van der Waals surface area contributed by atoms with E-state index in [9.17, 15) is 13.2 Å². The third kappa shape index (κ3) is 5.06. The van der Waals surface area contributed by atoms with Crippen molar-refractivity contribution < 1.29 is 17.9 Å². The molecule has 1 aromatic carbocycles. The molecule has 1 atom stereocenters. The highest BCUT2D eigenvalue weighted by Crippen LogP contribution is 2.32. The summed E-state index contributed by atoms with van der Waals surface area (Å²) in [5, 5.41) is 3.54. The molecule has 1 unspecified atom stereocenters. The molecule has 2 aliphatic heterocycles. The Morgan fingerprint density at radius 3 is 2.68 bits per heavy atom. The summed E-state index contributed by atoms with van der Waals surface area (Å²) in [4.78, 5) is 16.2. The number of carbonyl (C=O) groups excluding carboxylic acids is 1. The zero-order chi connectivity index (χ0) is 22.0. The maximum atomic E-state index is 13.1. The van der Waals surface area contributed by atoms with Crippen LogP contribution in [0.5, 0.6) is 0 Å². The van der Waals surface area contributed by atoms with E-state index in [0.29, 0.717) is 47.5 Å². The Morgan fingerprint density at radius 1 is 1.19 bits per heavy atom. The van der Waals surface area contributed by atoms with Crippen LogP contribution in [0.25, 0.3) is 0 Å².